The Labute approximate surface area is 128 Å². The zero-order chi connectivity index (χ0) is 15.9. The SMILES string of the molecule is CN1CCN(c2ncccc2C(=O)NCCO[N+](=O)[O-])CC1. The molecule has 0 saturated carbocycles. The lowest BCUT2D eigenvalue weighted by Gasteiger charge is -2.34. The van der Waals surface area contributed by atoms with Gasteiger partial charge in [-0.2, -0.15) is 0 Å². The van der Waals surface area contributed by atoms with E-state index in [4.69, 9.17) is 0 Å². The van der Waals surface area contributed by atoms with E-state index in [9.17, 15) is 14.9 Å². The molecule has 9 heteroatoms. The predicted molar refractivity (Wildman–Crippen MR) is 79.2 cm³/mol. The highest BCUT2D eigenvalue weighted by atomic mass is 16.9. The summed E-state index contributed by atoms with van der Waals surface area (Å²) in [5.74, 6) is 0.331. The molecule has 0 aromatic carbocycles. The molecule has 0 unspecified atom stereocenters. The molecule has 2 rings (SSSR count). The van der Waals surface area contributed by atoms with Crippen LogP contribution in [0.4, 0.5) is 5.82 Å². The first-order valence-electron chi connectivity index (χ1n) is 7.02. The molecule has 1 aliphatic rings. The molecule has 9 nitrogen and oxygen atoms in total. The van der Waals surface area contributed by atoms with Crippen LogP contribution < -0.4 is 10.2 Å². The van der Waals surface area contributed by atoms with Gasteiger partial charge in [0.15, 0.2) is 0 Å². The number of aromatic nitrogens is 1. The van der Waals surface area contributed by atoms with Crippen molar-refractivity contribution in [1.82, 2.24) is 15.2 Å². The molecule has 1 aromatic heterocycles. The second kappa shape index (κ2) is 7.55. The van der Waals surface area contributed by atoms with E-state index in [1.807, 2.05) is 0 Å². The van der Waals surface area contributed by atoms with Crippen LogP contribution in [0.2, 0.25) is 0 Å². The van der Waals surface area contributed by atoms with E-state index >= 15 is 0 Å². The minimum atomic E-state index is -0.883. The summed E-state index contributed by atoms with van der Waals surface area (Å²) in [6.45, 7) is 3.32. The number of carbonyl (C=O) groups is 1. The van der Waals surface area contributed by atoms with Crippen LogP contribution >= 0.6 is 0 Å². The summed E-state index contributed by atoms with van der Waals surface area (Å²) in [7, 11) is 2.05. The molecule has 1 aromatic rings. The van der Waals surface area contributed by atoms with Crippen LogP contribution in [0.15, 0.2) is 18.3 Å². The number of amides is 1. The van der Waals surface area contributed by atoms with Crippen molar-refractivity contribution >= 4 is 11.7 Å². The Hall–Kier alpha value is -2.42. The van der Waals surface area contributed by atoms with Crippen molar-refractivity contribution in [3.8, 4) is 0 Å². The number of pyridine rings is 1. The molecule has 0 spiro atoms. The number of likely N-dealkylation sites (N-methyl/N-ethyl adjacent to an activating group) is 1. The molecule has 0 radical (unpaired) electrons. The standard InChI is InChI=1S/C13H19N5O4/c1-16-6-8-17(9-7-16)12-11(3-2-4-14-12)13(19)15-5-10-22-18(20)21/h2-4H,5-10H2,1H3,(H,15,19). The molecule has 0 atom stereocenters. The molecule has 0 bridgehead atoms. The number of anilines is 1. The summed E-state index contributed by atoms with van der Waals surface area (Å²) in [5.41, 5.74) is 0.466. The Morgan fingerprint density at radius 1 is 1.45 bits per heavy atom. The minimum Gasteiger partial charge on any atom is -0.353 e. The van der Waals surface area contributed by atoms with Gasteiger partial charge in [0, 0.05) is 38.9 Å². The zero-order valence-electron chi connectivity index (χ0n) is 12.4. The summed E-state index contributed by atoms with van der Waals surface area (Å²) in [6.07, 6.45) is 1.65. The number of piperazine rings is 1. The first-order chi connectivity index (χ1) is 10.6. The number of rotatable bonds is 6. The summed E-state index contributed by atoms with van der Waals surface area (Å²) in [4.78, 5) is 35.0. The van der Waals surface area contributed by atoms with E-state index in [0.717, 1.165) is 26.2 Å². The average Bonchev–Trinajstić information content (AvgIpc) is 2.52. The fraction of sp³-hybridized carbons (Fsp3) is 0.538. The first kappa shape index (κ1) is 16.0. The number of hydrogen-bond donors (Lipinski definition) is 1. The highest BCUT2D eigenvalue weighted by Gasteiger charge is 2.20. The van der Waals surface area contributed by atoms with E-state index in [0.29, 0.717) is 11.4 Å². The van der Waals surface area contributed by atoms with Gasteiger partial charge in [-0.1, -0.05) is 0 Å². The molecule has 22 heavy (non-hydrogen) atoms. The van der Waals surface area contributed by atoms with E-state index in [2.05, 4.69) is 32.0 Å². The number of nitrogens with one attached hydrogen (secondary N) is 1. The predicted octanol–water partition coefficient (Wildman–Crippen LogP) is -0.228. The Balaban J connectivity index is 1.98. The second-order valence-electron chi connectivity index (χ2n) is 4.98. The van der Waals surface area contributed by atoms with E-state index in [1.165, 1.54) is 0 Å². The highest BCUT2D eigenvalue weighted by Crippen LogP contribution is 2.18. The average molecular weight is 309 g/mol. The van der Waals surface area contributed by atoms with E-state index in [1.54, 1.807) is 18.3 Å². The van der Waals surface area contributed by atoms with Gasteiger partial charge in [-0.3, -0.25) is 4.79 Å². The molecular formula is C13H19N5O4. The molecule has 1 N–H and O–H groups in total. The lowest BCUT2D eigenvalue weighted by atomic mass is 10.2. The monoisotopic (exact) mass is 309 g/mol. The van der Waals surface area contributed by atoms with Gasteiger partial charge in [0.2, 0.25) is 0 Å². The smallest absolute Gasteiger partial charge is 0.294 e. The highest BCUT2D eigenvalue weighted by molar-refractivity contribution is 5.98. The van der Waals surface area contributed by atoms with Gasteiger partial charge in [0.25, 0.3) is 11.0 Å². The number of carbonyl (C=O) groups excluding carboxylic acids is 1. The number of hydrogen-bond acceptors (Lipinski definition) is 7. The Morgan fingerprint density at radius 2 is 2.18 bits per heavy atom. The lowest BCUT2D eigenvalue weighted by Crippen LogP contribution is -2.45. The van der Waals surface area contributed by atoms with Crippen molar-refractivity contribution in [2.75, 3.05) is 51.3 Å². The largest absolute Gasteiger partial charge is 0.353 e. The third-order valence-electron chi connectivity index (χ3n) is 3.42. The van der Waals surface area contributed by atoms with Crippen molar-refractivity contribution in [2.24, 2.45) is 0 Å². The van der Waals surface area contributed by atoms with Crippen LogP contribution in [0.3, 0.4) is 0 Å². The van der Waals surface area contributed by atoms with Gasteiger partial charge in [0.05, 0.1) is 5.56 Å². The summed E-state index contributed by atoms with van der Waals surface area (Å²) < 4.78 is 0. The zero-order valence-corrected chi connectivity index (χ0v) is 12.4. The second-order valence-corrected chi connectivity index (χ2v) is 4.98. The molecule has 1 aliphatic heterocycles. The van der Waals surface area contributed by atoms with Gasteiger partial charge < -0.3 is 20.0 Å². The Morgan fingerprint density at radius 3 is 2.86 bits per heavy atom. The van der Waals surface area contributed by atoms with Crippen LogP contribution in [0, 0.1) is 10.1 Å². The molecule has 1 saturated heterocycles. The summed E-state index contributed by atoms with van der Waals surface area (Å²) in [6, 6.07) is 3.40. The molecule has 0 aliphatic carbocycles. The van der Waals surface area contributed by atoms with E-state index in [-0.39, 0.29) is 19.1 Å². The third kappa shape index (κ3) is 4.29. The van der Waals surface area contributed by atoms with Gasteiger partial charge in [0.1, 0.15) is 12.4 Å². The van der Waals surface area contributed by atoms with Crippen molar-refractivity contribution in [1.29, 1.82) is 0 Å². The maximum Gasteiger partial charge on any atom is 0.294 e. The lowest BCUT2D eigenvalue weighted by molar-refractivity contribution is -0.757. The summed E-state index contributed by atoms with van der Waals surface area (Å²) >= 11 is 0. The van der Waals surface area contributed by atoms with Gasteiger partial charge >= 0.3 is 0 Å². The Kier molecular flexibility index (Phi) is 5.48. The van der Waals surface area contributed by atoms with Crippen molar-refractivity contribution in [3.63, 3.8) is 0 Å². The molecule has 1 amide bonds. The third-order valence-corrected chi connectivity index (χ3v) is 3.42. The van der Waals surface area contributed by atoms with Crippen molar-refractivity contribution in [2.45, 2.75) is 0 Å². The normalized spacial score (nSPS) is 15.4. The van der Waals surface area contributed by atoms with Crippen LogP contribution in [0.25, 0.3) is 0 Å². The van der Waals surface area contributed by atoms with Gasteiger partial charge in [-0.15, -0.1) is 10.1 Å². The van der Waals surface area contributed by atoms with Crippen molar-refractivity contribution in [3.05, 3.63) is 34.0 Å². The Bertz CT molecular complexity index is 531. The van der Waals surface area contributed by atoms with Crippen LogP contribution in [-0.2, 0) is 4.84 Å². The van der Waals surface area contributed by atoms with Crippen LogP contribution in [-0.4, -0.2) is 67.3 Å². The molecule has 120 valence electrons. The fourth-order valence-electron chi connectivity index (χ4n) is 2.22. The molecule has 1 fully saturated rings. The maximum atomic E-state index is 12.2. The molecular weight excluding hydrogens is 290 g/mol. The fourth-order valence-corrected chi connectivity index (χ4v) is 2.22. The first-order valence-corrected chi connectivity index (χ1v) is 7.02. The van der Waals surface area contributed by atoms with Crippen LogP contribution in [0.1, 0.15) is 10.4 Å². The maximum absolute atomic E-state index is 12.2. The summed E-state index contributed by atoms with van der Waals surface area (Å²) in [5, 5.41) is 11.8. The van der Waals surface area contributed by atoms with Gasteiger partial charge in [-0.25, -0.2) is 4.98 Å². The van der Waals surface area contributed by atoms with Crippen LogP contribution in [0.5, 0.6) is 0 Å². The van der Waals surface area contributed by atoms with Crippen molar-refractivity contribution < 1.29 is 14.7 Å². The quantitative estimate of drug-likeness (QED) is 0.440. The van der Waals surface area contributed by atoms with Gasteiger partial charge in [-0.05, 0) is 19.2 Å². The topological polar surface area (TPSA) is 101 Å². The minimum absolute atomic E-state index is 0.0664. The molecule has 2 heterocycles. The van der Waals surface area contributed by atoms with E-state index < -0.39 is 5.09 Å². The number of nitrogens with zero attached hydrogens (tertiary/aromatic N) is 4.